The third kappa shape index (κ3) is 3.95. The molecule has 0 aromatic carbocycles. The molecule has 112 valence electrons. The van der Waals surface area contributed by atoms with Crippen LogP contribution in [0.25, 0.3) is 0 Å². The molecule has 0 amide bonds. The number of rotatable bonds is 7. The van der Waals surface area contributed by atoms with Crippen LogP contribution in [0.5, 0.6) is 0 Å². The first-order valence-corrected chi connectivity index (χ1v) is 7.71. The van der Waals surface area contributed by atoms with Crippen molar-refractivity contribution in [2.45, 2.75) is 40.0 Å². The van der Waals surface area contributed by atoms with E-state index in [1.165, 1.54) is 12.8 Å². The standard InChI is InChI=1S/C14H26N6/c1-4-11(3)10-16-13-17-12(15-5-2)18-14(19-13)20-8-6-7-9-20/h11H,4-10H2,1-3H3,(H2,15,16,17,18,19). The highest BCUT2D eigenvalue weighted by Crippen LogP contribution is 2.18. The largest absolute Gasteiger partial charge is 0.354 e. The summed E-state index contributed by atoms with van der Waals surface area (Å²) in [5.74, 6) is 2.75. The van der Waals surface area contributed by atoms with Crippen molar-refractivity contribution in [2.24, 2.45) is 5.92 Å². The Balaban J connectivity index is 2.12. The molecule has 2 heterocycles. The lowest BCUT2D eigenvalue weighted by Crippen LogP contribution is -2.23. The summed E-state index contributed by atoms with van der Waals surface area (Å²) < 4.78 is 0. The van der Waals surface area contributed by atoms with E-state index >= 15 is 0 Å². The van der Waals surface area contributed by atoms with Gasteiger partial charge in [-0.25, -0.2) is 0 Å². The van der Waals surface area contributed by atoms with Crippen LogP contribution in [0.1, 0.15) is 40.0 Å². The summed E-state index contributed by atoms with van der Waals surface area (Å²) in [6, 6.07) is 0. The Morgan fingerprint density at radius 1 is 1.05 bits per heavy atom. The molecule has 1 saturated heterocycles. The summed E-state index contributed by atoms with van der Waals surface area (Å²) in [7, 11) is 0. The SMILES string of the molecule is CCNc1nc(NCC(C)CC)nc(N2CCCC2)n1. The van der Waals surface area contributed by atoms with Crippen molar-refractivity contribution in [2.75, 3.05) is 41.7 Å². The molecule has 1 aliphatic heterocycles. The average molecular weight is 278 g/mol. The minimum absolute atomic E-state index is 0.615. The van der Waals surface area contributed by atoms with E-state index in [0.29, 0.717) is 17.8 Å². The fraction of sp³-hybridized carbons (Fsp3) is 0.786. The van der Waals surface area contributed by atoms with E-state index in [2.05, 4.69) is 44.3 Å². The van der Waals surface area contributed by atoms with Crippen molar-refractivity contribution in [3.8, 4) is 0 Å². The number of nitrogens with zero attached hydrogens (tertiary/aromatic N) is 4. The predicted octanol–water partition coefficient (Wildman–Crippen LogP) is 2.36. The number of hydrogen-bond acceptors (Lipinski definition) is 6. The van der Waals surface area contributed by atoms with Gasteiger partial charge in [-0.1, -0.05) is 20.3 Å². The van der Waals surface area contributed by atoms with Gasteiger partial charge in [0, 0.05) is 26.2 Å². The fourth-order valence-corrected chi connectivity index (χ4v) is 2.15. The molecule has 1 aromatic rings. The summed E-state index contributed by atoms with van der Waals surface area (Å²) in [5.41, 5.74) is 0. The number of aromatic nitrogens is 3. The zero-order chi connectivity index (χ0) is 14.4. The van der Waals surface area contributed by atoms with Crippen LogP contribution in [0.4, 0.5) is 17.8 Å². The van der Waals surface area contributed by atoms with Gasteiger partial charge in [0.25, 0.3) is 0 Å². The molecule has 0 saturated carbocycles. The Hall–Kier alpha value is -1.59. The highest BCUT2D eigenvalue weighted by Gasteiger charge is 2.17. The lowest BCUT2D eigenvalue weighted by atomic mass is 10.1. The fourth-order valence-electron chi connectivity index (χ4n) is 2.15. The number of anilines is 3. The number of hydrogen-bond donors (Lipinski definition) is 2. The first-order valence-electron chi connectivity index (χ1n) is 7.71. The smallest absolute Gasteiger partial charge is 0.231 e. The second-order valence-electron chi connectivity index (χ2n) is 5.40. The van der Waals surface area contributed by atoms with Crippen molar-refractivity contribution in [3.63, 3.8) is 0 Å². The highest BCUT2D eigenvalue weighted by molar-refractivity contribution is 5.44. The topological polar surface area (TPSA) is 66.0 Å². The molecule has 2 rings (SSSR count). The molecule has 6 nitrogen and oxygen atoms in total. The molecule has 1 fully saturated rings. The van der Waals surface area contributed by atoms with Crippen molar-refractivity contribution in [1.82, 2.24) is 15.0 Å². The minimum atomic E-state index is 0.615. The van der Waals surface area contributed by atoms with E-state index in [4.69, 9.17) is 0 Å². The predicted molar refractivity (Wildman–Crippen MR) is 83.4 cm³/mol. The summed E-state index contributed by atoms with van der Waals surface area (Å²) in [6.07, 6.45) is 3.59. The lowest BCUT2D eigenvalue weighted by Gasteiger charge is -2.17. The van der Waals surface area contributed by atoms with Crippen molar-refractivity contribution >= 4 is 17.8 Å². The van der Waals surface area contributed by atoms with Gasteiger partial charge in [-0.15, -0.1) is 0 Å². The van der Waals surface area contributed by atoms with E-state index in [1.54, 1.807) is 0 Å². The second kappa shape index (κ2) is 7.26. The third-order valence-corrected chi connectivity index (χ3v) is 3.65. The van der Waals surface area contributed by atoms with Gasteiger partial charge in [0.15, 0.2) is 0 Å². The molecule has 0 spiro atoms. The molecule has 20 heavy (non-hydrogen) atoms. The monoisotopic (exact) mass is 278 g/mol. The van der Waals surface area contributed by atoms with Crippen LogP contribution in [0.2, 0.25) is 0 Å². The maximum Gasteiger partial charge on any atom is 0.231 e. The Morgan fingerprint density at radius 3 is 2.30 bits per heavy atom. The molecule has 0 radical (unpaired) electrons. The molecule has 6 heteroatoms. The van der Waals surface area contributed by atoms with Crippen molar-refractivity contribution in [3.05, 3.63) is 0 Å². The van der Waals surface area contributed by atoms with Crippen LogP contribution in [0.3, 0.4) is 0 Å². The first-order chi connectivity index (χ1) is 9.72. The van der Waals surface area contributed by atoms with Crippen LogP contribution < -0.4 is 15.5 Å². The Bertz CT molecular complexity index is 416. The van der Waals surface area contributed by atoms with Gasteiger partial charge < -0.3 is 15.5 Å². The minimum Gasteiger partial charge on any atom is -0.354 e. The van der Waals surface area contributed by atoms with Crippen LogP contribution >= 0.6 is 0 Å². The van der Waals surface area contributed by atoms with Crippen LogP contribution in [0.15, 0.2) is 0 Å². The third-order valence-electron chi connectivity index (χ3n) is 3.65. The van der Waals surface area contributed by atoms with E-state index in [9.17, 15) is 0 Å². The lowest BCUT2D eigenvalue weighted by molar-refractivity contribution is 0.591. The summed E-state index contributed by atoms with van der Waals surface area (Å²) in [4.78, 5) is 15.7. The molecule has 2 N–H and O–H groups in total. The van der Waals surface area contributed by atoms with E-state index < -0.39 is 0 Å². The molecular weight excluding hydrogens is 252 g/mol. The normalized spacial score (nSPS) is 16.2. The van der Waals surface area contributed by atoms with Crippen molar-refractivity contribution < 1.29 is 0 Å². The maximum atomic E-state index is 4.56. The summed E-state index contributed by atoms with van der Waals surface area (Å²) in [5, 5.41) is 6.51. The van der Waals surface area contributed by atoms with Crippen molar-refractivity contribution in [1.29, 1.82) is 0 Å². The van der Waals surface area contributed by atoms with Gasteiger partial charge in [0.2, 0.25) is 17.8 Å². The highest BCUT2D eigenvalue weighted by atomic mass is 15.3. The van der Waals surface area contributed by atoms with E-state index in [-0.39, 0.29) is 0 Å². The molecule has 1 aromatic heterocycles. The molecular formula is C14H26N6. The zero-order valence-electron chi connectivity index (χ0n) is 12.8. The molecule has 0 aliphatic carbocycles. The summed E-state index contributed by atoms with van der Waals surface area (Å²) in [6.45, 7) is 10.3. The van der Waals surface area contributed by atoms with Crippen LogP contribution in [-0.4, -0.2) is 41.1 Å². The number of nitrogens with one attached hydrogen (secondary N) is 2. The van der Waals surface area contributed by atoms with Gasteiger partial charge >= 0.3 is 0 Å². The second-order valence-corrected chi connectivity index (χ2v) is 5.40. The molecule has 0 bridgehead atoms. The zero-order valence-corrected chi connectivity index (χ0v) is 12.8. The Morgan fingerprint density at radius 2 is 1.70 bits per heavy atom. The molecule has 1 unspecified atom stereocenters. The van der Waals surface area contributed by atoms with E-state index in [0.717, 1.165) is 38.5 Å². The van der Waals surface area contributed by atoms with Gasteiger partial charge in [-0.3, -0.25) is 0 Å². The average Bonchev–Trinajstić information content (AvgIpc) is 2.99. The van der Waals surface area contributed by atoms with Gasteiger partial charge in [0.05, 0.1) is 0 Å². The van der Waals surface area contributed by atoms with E-state index in [1.807, 2.05) is 6.92 Å². The van der Waals surface area contributed by atoms with Gasteiger partial charge in [0.1, 0.15) is 0 Å². The quantitative estimate of drug-likeness (QED) is 0.798. The van der Waals surface area contributed by atoms with Crippen LogP contribution in [-0.2, 0) is 0 Å². The van der Waals surface area contributed by atoms with Gasteiger partial charge in [-0.05, 0) is 25.7 Å². The Labute approximate surface area is 121 Å². The molecule has 1 atom stereocenters. The maximum absolute atomic E-state index is 4.56. The molecule has 1 aliphatic rings. The van der Waals surface area contributed by atoms with Gasteiger partial charge in [-0.2, -0.15) is 15.0 Å². The Kier molecular flexibility index (Phi) is 5.38. The summed E-state index contributed by atoms with van der Waals surface area (Å²) >= 11 is 0. The first kappa shape index (κ1) is 14.8. The van der Waals surface area contributed by atoms with Crippen LogP contribution in [0, 0.1) is 5.92 Å².